The smallest absolute Gasteiger partial charge is 0.233 e. The maximum atomic E-state index is 12.6. The van der Waals surface area contributed by atoms with E-state index < -0.39 is 5.41 Å². The Kier molecular flexibility index (Phi) is 4.79. The molecule has 3 N–H and O–H groups in total. The third-order valence-electron chi connectivity index (χ3n) is 4.40. The molecule has 1 unspecified atom stereocenters. The zero-order valence-electron chi connectivity index (χ0n) is 11.6. The first-order valence-corrected chi connectivity index (χ1v) is 7.68. The van der Waals surface area contributed by atoms with Crippen molar-refractivity contribution in [1.82, 2.24) is 5.32 Å². The summed E-state index contributed by atoms with van der Waals surface area (Å²) in [5, 5.41) is 3.17. The van der Waals surface area contributed by atoms with E-state index in [1.807, 2.05) is 0 Å². The Labute approximate surface area is 120 Å². The van der Waals surface area contributed by atoms with Gasteiger partial charge in [-0.25, -0.2) is 0 Å². The van der Waals surface area contributed by atoms with Crippen LogP contribution in [0.2, 0.25) is 0 Å². The fourth-order valence-corrected chi connectivity index (χ4v) is 3.01. The third-order valence-corrected chi connectivity index (χ3v) is 4.79. The Hall–Kier alpha value is -0.680. The van der Waals surface area contributed by atoms with Gasteiger partial charge in [-0.1, -0.05) is 32.0 Å². The van der Waals surface area contributed by atoms with Gasteiger partial charge in [0.1, 0.15) is 5.41 Å². The van der Waals surface area contributed by atoms with Crippen molar-refractivity contribution in [2.75, 3.05) is 13.2 Å². The number of nitrogens with one attached hydrogen (secondary N) is 1. The second-order valence-corrected chi connectivity index (χ2v) is 6.26. The average molecular weight is 284 g/mol. The van der Waals surface area contributed by atoms with E-state index in [2.05, 4.69) is 12.2 Å². The zero-order chi connectivity index (χ0) is 13.9. The lowest BCUT2D eigenvalue weighted by molar-refractivity contribution is -0.132. The minimum Gasteiger partial charge on any atom is -0.392 e. The van der Waals surface area contributed by atoms with Crippen molar-refractivity contribution in [3.05, 3.63) is 0 Å². The molecule has 2 aliphatic rings. The summed E-state index contributed by atoms with van der Waals surface area (Å²) < 4.78 is 5.34. The first-order valence-electron chi connectivity index (χ1n) is 7.27. The topological polar surface area (TPSA) is 64.4 Å². The highest BCUT2D eigenvalue weighted by Crippen LogP contribution is 2.35. The van der Waals surface area contributed by atoms with Gasteiger partial charge >= 0.3 is 0 Å². The first kappa shape index (κ1) is 14.7. The van der Waals surface area contributed by atoms with E-state index in [1.165, 1.54) is 12.8 Å². The molecular weight excluding hydrogens is 260 g/mol. The molecule has 1 saturated carbocycles. The number of ether oxygens (including phenoxy) is 1. The Bertz CT molecular complexity index is 349. The van der Waals surface area contributed by atoms with Crippen molar-refractivity contribution < 1.29 is 9.53 Å². The minimum atomic E-state index is -0.690. The van der Waals surface area contributed by atoms with E-state index in [4.69, 9.17) is 22.7 Å². The molecule has 1 heterocycles. The van der Waals surface area contributed by atoms with Gasteiger partial charge in [-0.05, 0) is 31.6 Å². The number of carbonyl (C=O) groups is 1. The molecule has 0 radical (unpaired) electrons. The third kappa shape index (κ3) is 3.45. The Morgan fingerprint density at radius 1 is 1.47 bits per heavy atom. The number of hydrogen-bond donors (Lipinski definition) is 2. The average Bonchev–Trinajstić information content (AvgIpc) is 3.22. The van der Waals surface area contributed by atoms with Crippen LogP contribution >= 0.6 is 12.2 Å². The number of amides is 1. The molecule has 2 fully saturated rings. The highest BCUT2D eigenvalue weighted by atomic mass is 32.1. The van der Waals surface area contributed by atoms with Crippen LogP contribution in [-0.4, -0.2) is 30.2 Å². The second-order valence-electron chi connectivity index (χ2n) is 5.82. The van der Waals surface area contributed by atoms with Crippen molar-refractivity contribution in [2.24, 2.45) is 17.1 Å². The lowest BCUT2D eigenvalue weighted by atomic mass is 9.79. The molecule has 0 spiro atoms. The van der Waals surface area contributed by atoms with Crippen LogP contribution in [0.25, 0.3) is 0 Å². The molecule has 5 heteroatoms. The second kappa shape index (κ2) is 6.18. The number of carbonyl (C=O) groups excluding carboxylic acids is 1. The molecule has 1 amide bonds. The maximum Gasteiger partial charge on any atom is 0.233 e. The SMILES string of the molecule is CCC(CC1CC1)NC(=O)C1(C(N)=S)CCOCC1. The predicted molar refractivity (Wildman–Crippen MR) is 78.8 cm³/mol. The van der Waals surface area contributed by atoms with Crippen LogP contribution in [-0.2, 0) is 9.53 Å². The van der Waals surface area contributed by atoms with Crippen LogP contribution < -0.4 is 11.1 Å². The molecule has 1 saturated heterocycles. The summed E-state index contributed by atoms with van der Waals surface area (Å²) in [5.74, 6) is 0.816. The lowest BCUT2D eigenvalue weighted by Crippen LogP contribution is -2.54. The fourth-order valence-electron chi connectivity index (χ4n) is 2.71. The van der Waals surface area contributed by atoms with Crippen molar-refractivity contribution in [3.8, 4) is 0 Å². The molecule has 0 aromatic heterocycles. The van der Waals surface area contributed by atoms with Crippen LogP contribution in [0.5, 0.6) is 0 Å². The summed E-state index contributed by atoms with van der Waals surface area (Å²) in [6.07, 6.45) is 5.88. The van der Waals surface area contributed by atoms with Gasteiger partial charge in [-0.15, -0.1) is 0 Å². The summed E-state index contributed by atoms with van der Waals surface area (Å²) >= 11 is 5.15. The van der Waals surface area contributed by atoms with Gasteiger partial charge in [0.15, 0.2) is 0 Å². The lowest BCUT2D eigenvalue weighted by Gasteiger charge is -2.36. The van der Waals surface area contributed by atoms with Gasteiger partial charge in [0.05, 0.1) is 4.99 Å². The van der Waals surface area contributed by atoms with Crippen LogP contribution in [0, 0.1) is 11.3 Å². The van der Waals surface area contributed by atoms with Crippen LogP contribution in [0.3, 0.4) is 0 Å². The van der Waals surface area contributed by atoms with E-state index in [-0.39, 0.29) is 11.9 Å². The number of nitrogens with two attached hydrogens (primary N) is 1. The van der Waals surface area contributed by atoms with Gasteiger partial charge < -0.3 is 15.8 Å². The molecule has 2 rings (SSSR count). The van der Waals surface area contributed by atoms with Gasteiger partial charge in [-0.2, -0.15) is 0 Å². The van der Waals surface area contributed by atoms with Gasteiger partial charge in [-0.3, -0.25) is 4.79 Å². The number of thiocarbonyl (C=S) groups is 1. The summed E-state index contributed by atoms with van der Waals surface area (Å²) in [5.41, 5.74) is 5.16. The summed E-state index contributed by atoms with van der Waals surface area (Å²) in [7, 11) is 0. The van der Waals surface area contributed by atoms with Gasteiger partial charge in [0, 0.05) is 19.3 Å². The summed E-state index contributed by atoms with van der Waals surface area (Å²) in [6, 6.07) is 0.258. The molecule has 1 atom stereocenters. The molecule has 1 aliphatic heterocycles. The summed E-state index contributed by atoms with van der Waals surface area (Å²) in [4.78, 5) is 12.9. The van der Waals surface area contributed by atoms with E-state index in [1.54, 1.807) is 0 Å². The Morgan fingerprint density at radius 2 is 2.11 bits per heavy atom. The Balaban J connectivity index is 1.99. The first-order chi connectivity index (χ1) is 9.08. The van der Waals surface area contributed by atoms with Crippen LogP contribution in [0.15, 0.2) is 0 Å². The molecule has 0 bridgehead atoms. The number of rotatable bonds is 6. The highest BCUT2D eigenvalue weighted by molar-refractivity contribution is 7.80. The molecular formula is C14H24N2O2S. The van der Waals surface area contributed by atoms with Gasteiger partial charge in [0.25, 0.3) is 0 Å². The zero-order valence-corrected chi connectivity index (χ0v) is 12.4. The molecule has 1 aliphatic carbocycles. The monoisotopic (exact) mass is 284 g/mol. The molecule has 108 valence electrons. The Morgan fingerprint density at radius 3 is 2.58 bits per heavy atom. The molecule has 4 nitrogen and oxygen atoms in total. The van der Waals surface area contributed by atoms with Gasteiger partial charge in [0.2, 0.25) is 5.91 Å². The van der Waals surface area contributed by atoms with Crippen LogP contribution in [0.1, 0.15) is 45.4 Å². The summed E-state index contributed by atoms with van der Waals surface area (Å²) in [6.45, 7) is 3.24. The normalized spacial score (nSPS) is 23.6. The molecule has 0 aromatic carbocycles. The van der Waals surface area contributed by atoms with E-state index in [9.17, 15) is 4.79 Å². The predicted octanol–water partition coefficient (Wildman–Crippen LogP) is 1.76. The molecule has 0 aromatic rings. The highest BCUT2D eigenvalue weighted by Gasteiger charge is 2.43. The van der Waals surface area contributed by atoms with E-state index in [0.717, 1.165) is 18.8 Å². The standard InChI is InChI=1S/C14H24N2O2S/c1-2-11(9-10-3-4-10)16-13(17)14(12(15)19)5-7-18-8-6-14/h10-11H,2-9H2,1H3,(H2,15,19)(H,16,17). The van der Waals surface area contributed by atoms with Crippen molar-refractivity contribution in [1.29, 1.82) is 0 Å². The fraction of sp³-hybridized carbons (Fsp3) is 0.857. The van der Waals surface area contributed by atoms with E-state index >= 15 is 0 Å². The maximum absolute atomic E-state index is 12.6. The minimum absolute atomic E-state index is 0.0100. The van der Waals surface area contributed by atoms with E-state index in [0.29, 0.717) is 31.0 Å². The van der Waals surface area contributed by atoms with Crippen molar-refractivity contribution in [3.63, 3.8) is 0 Å². The largest absolute Gasteiger partial charge is 0.392 e. The quantitative estimate of drug-likeness (QED) is 0.730. The van der Waals surface area contributed by atoms with Crippen LogP contribution in [0.4, 0.5) is 0 Å². The molecule has 19 heavy (non-hydrogen) atoms. The van der Waals surface area contributed by atoms with Crippen molar-refractivity contribution >= 4 is 23.1 Å². The van der Waals surface area contributed by atoms with Crippen molar-refractivity contribution in [2.45, 2.75) is 51.5 Å². The number of hydrogen-bond acceptors (Lipinski definition) is 3.